The van der Waals surface area contributed by atoms with E-state index in [9.17, 15) is 0 Å². The van der Waals surface area contributed by atoms with Gasteiger partial charge in [-0.3, -0.25) is 0 Å². The maximum Gasteiger partial charge on any atom is 0.165 e. The first-order valence-corrected chi connectivity index (χ1v) is 25.4. The lowest BCUT2D eigenvalue weighted by Crippen LogP contribution is -2.35. The number of hydrogen-bond acceptors (Lipinski definition) is 7. The summed E-state index contributed by atoms with van der Waals surface area (Å²) >= 11 is 0. The van der Waals surface area contributed by atoms with Gasteiger partial charge in [0.1, 0.15) is 54.9 Å². The van der Waals surface area contributed by atoms with Crippen LogP contribution in [0.4, 0.5) is 0 Å². The Balaban J connectivity index is 1.33. The summed E-state index contributed by atoms with van der Waals surface area (Å²) in [4.78, 5) is 0. The Labute approximate surface area is 414 Å². The molecule has 12 atom stereocenters. The summed E-state index contributed by atoms with van der Waals surface area (Å²) in [6, 6.07) is 26.0. The number of hydrogen-bond donors (Lipinski definition) is 0. The zero-order valence-electron chi connectivity index (χ0n) is 41.0. The minimum Gasteiger partial charge on any atom is -0.485 e. The second-order valence-corrected chi connectivity index (χ2v) is 20.7. The van der Waals surface area contributed by atoms with Gasteiger partial charge in [0.15, 0.2) is 11.5 Å². The van der Waals surface area contributed by atoms with Gasteiger partial charge >= 0.3 is 0 Å². The largest absolute Gasteiger partial charge is 0.485 e. The van der Waals surface area contributed by atoms with Gasteiger partial charge in [-0.25, -0.2) is 0 Å². The molecule has 0 fully saturated rings. The minimum atomic E-state index is -0.487. The molecule has 68 heavy (non-hydrogen) atoms. The van der Waals surface area contributed by atoms with Crippen LogP contribution in [0.1, 0.15) is 140 Å². The van der Waals surface area contributed by atoms with Gasteiger partial charge in [0.05, 0.1) is 37.9 Å². The number of benzene rings is 6. The van der Waals surface area contributed by atoms with Crippen molar-refractivity contribution in [2.24, 2.45) is 17.8 Å². The van der Waals surface area contributed by atoms with E-state index in [1.807, 2.05) is 24.3 Å². The summed E-state index contributed by atoms with van der Waals surface area (Å²) in [5.74, 6) is 4.19. The van der Waals surface area contributed by atoms with E-state index in [1.165, 1.54) is 61.2 Å². The van der Waals surface area contributed by atoms with Crippen LogP contribution in [0.3, 0.4) is 0 Å². The third kappa shape index (κ3) is 8.18. The minimum absolute atomic E-state index is 0.00525. The lowest BCUT2D eigenvalue weighted by atomic mass is 9.67. The van der Waals surface area contributed by atoms with Gasteiger partial charge in [-0.2, -0.15) is 0 Å². The topological polar surface area (TPSA) is 64.6 Å². The predicted octanol–water partition coefficient (Wildman–Crippen LogP) is 13.7. The molecular weight excluding hydrogens is 919 g/mol. The first-order chi connectivity index (χ1) is 32.5. The summed E-state index contributed by atoms with van der Waals surface area (Å²) in [6.07, 6.45) is 0.0297. The molecule has 0 spiro atoms. The van der Waals surface area contributed by atoms with Crippen LogP contribution in [0.15, 0.2) is 72.8 Å². The average Bonchev–Trinajstić information content (AvgIpc) is 3.31. The Morgan fingerprint density at radius 1 is 0.426 bits per heavy atom. The fourth-order valence-electron chi connectivity index (χ4n) is 11.7. The Hall–Kier alpha value is -4.30. The molecule has 3 heterocycles. The van der Waals surface area contributed by atoms with Crippen LogP contribution in [-0.2, 0) is 6.42 Å². The summed E-state index contributed by atoms with van der Waals surface area (Å²) in [5.41, 5.74) is 19.0. The van der Waals surface area contributed by atoms with Crippen molar-refractivity contribution in [1.82, 2.24) is 0 Å². The highest BCUT2D eigenvalue weighted by molar-refractivity contribution is 7.11. The molecular formula is C56H63BO7P4. The second-order valence-electron chi connectivity index (χ2n) is 19.8. The molecule has 9 rings (SSSR count). The molecule has 6 aromatic carbocycles. The lowest BCUT2D eigenvalue weighted by molar-refractivity contribution is 0.0930. The fraction of sp³-hybridized carbons (Fsp3) is 0.357. The van der Waals surface area contributed by atoms with E-state index in [2.05, 4.69) is 163 Å². The van der Waals surface area contributed by atoms with Gasteiger partial charge in [-0.15, -0.1) is 0 Å². The molecule has 352 valence electrons. The van der Waals surface area contributed by atoms with Crippen molar-refractivity contribution < 1.29 is 32.3 Å². The number of aryl methyl sites for hydroxylation is 8. The van der Waals surface area contributed by atoms with Crippen LogP contribution in [0, 0.1) is 73.1 Å². The average molecular weight is 983 g/mol. The number of fused-ring (bicyclic) bond motifs is 3. The second kappa shape index (κ2) is 19.1. The molecule has 3 aliphatic heterocycles. The van der Waals surface area contributed by atoms with E-state index in [0.29, 0.717) is 34.2 Å². The molecule has 12 heteroatoms. The Bertz CT molecular complexity index is 2970. The van der Waals surface area contributed by atoms with Crippen LogP contribution < -0.4 is 37.8 Å². The summed E-state index contributed by atoms with van der Waals surface area (Å²) in [5, 5.41) is 0. The number of rotatable bonds is 9. The van der Waals surface area contributed by atoms with Crippen LogP contribution in [0.2, 0.25) is 0 Å². The van der Waals surface area contributed by atoms with Crippen LogP contribution in [0.5, 0.6) is 40.2 Å². The predicted molar refractivity (Wildman–Crippen MR) is 288 cm³/mol. The molecule has 0 bridgehead atoms. The van der Waals surface area contributed by atoms with Gasteiger partial charge in [0, 0.05) is 57.9 Å². The molecule has 0 amide bonds. The van der Waals surface area contributed by atoms with Gasteiger partial charge in [-0.1, -0.05) is 75.4 Å². The molecule has 2 radical (unpaired) electrons. The Morgan fingerprint density at radius 2 is 0.882 bits per heavy atom. The van der Waals surface area contributed by atoms with E-state index < -0.39 is 6.10 Å². The van der Waals surface area contributed by atoms with E-state index in [0.717, 1.165) is 45.7 Å². The Kier molecular flexibility index (Phi) is 13.7. The van der Waals surface area contributed by atoms with Crippen LogP contribution in [0.25, 0.3) is 0 Å². The summed E-state index contributed by atoms with van der Waals surface area (Å²) in [7, 11) is 16.5. The highest BCUT2D eigenvalue weighted by Gasteiger charge is 2.48. The first kappa shape index (κ1) is 48.7. The van der Waals surface area contributed by atoms with Crippen molar-refractivity contribution >= 4 is 51.2 Å². The van der Waals surface area contributed by atoms with Gasteiger partial charge in [-0.05, 0) is 146 Å². The summed E-state index contributed by atoms with van der Waals surface area (Å²) < 4.78 is 45.7. The van der Waals surface area contributed by atoms with Crippen molar-refractivity contribution in [3.8, 4) is 40.2 Å². The monoisotopic (exact) mass is 982 g/mol. The molecule has 3 aliphatic rings. The molecule has 0 saturated heterocycles. The SMILES string of the molecule is [B]c1c(OP)cc(OP)c2c1OC(c1ccc(OP)c(OP)c1)C(C)C2c1c(C)cc(C)c2c1OC(c1ccc(C)c(C)c1)C(C)C2c1c(C)cc(C)c2c1OC(c1ccc(C)c(C)c1)C(C)C2. The van der Waals surface area contributed by atoms with Crippen LogP contribution >= 0.6 is 37.9 Å². The standard InChI is InChI=1S/C56H63BO7P4/c1-25-12-14-36(20-27(25)3)51-33(9)22-39-29(5)18-30(6)44(54(39)58-51)47-34(10)52(37-15-13-26(2)28(4)21-37)59-55-45(47)31(7)19-32(8)46(55)48-35(11)53(38-16-17-40(61-65)41(23-38)62-66)60-56-49(48)42(63-67)24-43(64-68)50(56)57/h12-21,23-24,33-35,47-48,51-53H,22,65-68H2,1-11H3. The van der Waals surface area contributed by atoms with E-state index in [-0.39, 0.29) is 41.8 Å². The van der Waals surface area contributed by atoms with Crippen molar-refractivity contribution in [2.45, 2.75) is 113 Å². The van der Waals surface area contributed by atoms with Crippen molar-refractivity contribution in [2.75, 3.05) is 0 Å². The molecule has 0 N–H and O–H groups in total. The van der Waals surface area contributed by atoms with Gasteiger partial charge in [0.25, 0.3) is 0 Å². The van der Waals surface area contributed by atoms with Crippen molar-refractivity contribution in [1.29, 1.82) is 0 Å². The highest BCUT2D eigenvalue weighted by Crippen LogP contribution is 2.61. The molecule has 12 unspecified atom stereocenters. The number of ether oxygens (including phenoxy) is 3. The molecule has 7 nitrogen and oxygen atoms in total. The first-order valence-electron chi connectivity index (χ1n) is 23.5. The molecule has 0 saturated carbocycles. The smallest absolute Gasteiger partial charge is 0.165 e. The maximum atomic E-state index is 7.75. The van der Waals surface area contributed by atoms with Crippen LogP contribution in [-0.4, -0.2) is 7.85 Å². The molecule has 0 aliphatic carbocycles. The van der Waals surface area contributed by atoms with E-state index in [4.69, 9.17) is 40.2 Å². The Morgan fingerprint density at radius 3 is 1.43 bits per heavy atom. The zero-order chi connectivity index (χ0) is 48.6. The van der Waals surface area contributed by atoms with Gasteiger partial charge in [0.2, 0.25) is 0 Å². The normalized spacial score (nSPS) is 22.7. The lowest BCUT2D eigenvalue weighted by Gasteiger charge is -2.46. The van der Waals surface area contributed by atoms with E-state index >= 15 is 0 Å². The van der Waals surface area contributed by atoms with E-state index in [1.54, 1.807) is 0 Å². The zero-order valence-corrected chi connectivity index (χ0v) is 45.6. The third-order valence-corrected chi connectivity index (χ3v) is 16.5. The quantitative estimate of drug-likeness (QED) is 0.106. The molecule has 6 aromatic rings. The molecule has 0 aromatic heterocycles. The van der Waals surface area contributed by atoms with Crippen molar-refractivity contribution in [3.63, 3.8) is 0 Å². The third-order valence-electron chi connectivity index (χ3n) is 15.5. The highest BCUT2D eigenvalue weighted by atomic mass is 31.0. The summed E-state index contributed by atoms with van der Waals surface area (Å²) in [6.45, 7) is 24.6. The maximum absolute atomic E-state index is 7.75. The van der Waals surface area contributed by atoms with Gasteiger partial charge < -0.3 is 32.3 Å². The fourth-order valence-corrected chi connectivity index (χ4v) is 12.4. The van der Waals surface area contributed by atoms with Crippen molar-refractivity contribution in [3.05, 3.63) is 162 Å².